The van der Waals surface area contributed by atoms with Gasteiger partial charge in [-0.05, 0) is 6.42 Å². The third-order valence-electron chi connectivity index (χ3n) is 2.18. The highest BCUT2D eigenvalue weighted by Gasteiger charge is 2.27. The molecule has 0 spiro atoms. The maximum absolute atomic E-state index is 11.8. The fraction of sp³-hybridized carbons (Fsp3) is 0.600. The second-order valence-electron chi connectivity index (χ2n) is 3.72. The Hall–Kier alpha value is -1.57. The molecule has 0 aromatic carbocycles. The molecule has 102 valence electrons. The minimum atomic E-state index is -4.36. The average Bonchev–Trinajstić information content (AvgIpc) is 2.26. The van der Waals surface area contributed by atoms with Crippen LogP contribution in [-0.4, -0.2) is 28.5 Å². The molecule has 0 aliphatic heterocycles. The molecule has 8 heteroatoms. The first-order chi connectivity index (χ1) is 8.31. The number of nitrogens with zero attached hydrogens (tertiary/aromatic N) is 2. The van der Waals surface area contributed by atoms with Crippen molar-refractivity contribution in [1.82, 2.24) is 9.13 Å². The Labute approximate surface area is 100 Å². The molecule has 0 aliphatic rings. The normalized spacial score (nSPS) is 11.8. The maximum atomic E-state index is 11.8. The van der Waals surface area contributed by atoms with Gasteiger partial charge in [0.25, 0.3) is 5.56 Å². The van der Waals surface area contributed by atoms with Gasteiger partial charge in [-0.2, -0.15) is 13.2 Å². The van der Waals surface area contributed by atoms with Crippen molar-refractivity contribution in [2.24, 2.45) is 7.05 Å². The Morgan fingerprint density at radius 2 is 2.00 bits per heavy atom. The van der Waals surface area contributed by atoms with Crippen LogP contribution in [0.2, 0.25) is 0 Å². The highest BCUT2D eigenvalue weighted by Crippen LogP contribution is 2.14. The Morgan fingerprint density at radius 3 is 2.61 bits per heavy atom. The predicted molar refractivity (Wildman–Crippen MR) is 57.4 cm³/mol. The second-order valence-corrected chi connectivity index (χ2v) is 3.72. The smallest absolute Gasteiger partial charge is 0.372 e. The Balaban J connectivity index is 2.48. The van der Waals surface area contributed by atoms with E-state index in [4.69, 9.17) is 0 Å². The van der Waals surface area contributed by atoms with Gasteiger partial charge in [0.1, 0.15) is 6.61 Å². The minimum absolute atomic E-state index is 0.0319. The molecular formula is C10H13F3N2O3. The summed E-state index contributed by atoms with van der Waals surface area (Å²) in [4.78, 5) is 22.9. The molecule has 0 unspecified atom stereocenters. The summed E-state index contributed by atoms with van der Waals surface area (Å²) in [6.07, 6.45) is -2.86. The van der Waals surface area contributed by atoms with Crippen LogP contribution < -0.4 is 11.2 Å². The van der Waals surface area contributed by atoms with E-state index in [9.17, 15) is 22.8 Å². The van der Waals surface area contributed by atoms with Crippen molar-refractivity contribution in [3.63, 3.8) is 0 Å². The predicted octanol–water partition coefficient (Wildman–Crippen LogP) is 0.516. The summed E-state index contributed by atoms with van der Waals surface area (Å²) >= 11 is 0. The Kier molecular flexibility index (Phi) is 4.71. The molecule has 18 heavy (non-hydrogen) atoms. The third-order valence-corrected chi connectivity index (χ3v) is 2.18. The molecular weight excluding hydrogens is 253 g/mol. The number of rotatable bonds is 5. The van der Waals surface area contributed by atoms with E-state index in [1.54, 1.807) is 0 Å². The average molecular weight is 266 g/mol. The molecule has 0 saturated carbocycles. The van der Waals surface area contributed by atoms with Gasteiger partial charge < -0.3 is 9.30 Å². The van der Waals surface area contributed by atoms with Gasteiger partial charge in [0.05, 0.1) is 0 Å². The zero-order valence-corrected chi connectivity index (χ0v) is 9.74. The van der Waals surface area contributed by atoms with Crippen LogP contribution in [0.1, 0.15) is 6.42 Å². The highest BCUT2D eigenvalue weighted by atomic mass is 19.4. The lowest BCUT2D eigenvalue weighted by molar-refractivity contribution is -0.174. The van der Waals surface area contributed by atoms with E-state index in [0.717, 1.165) is 4.57 Å². The first-order valence-electron chi connectivity index (χ1n) is 5.22. The zero-order chi connectivity index (χ0) is 13.8. The molecule has 0 amide bonds. The summed E-state index contributed by atoms with van der Waals surface area (Å²) in [6.45, 7) is -1.46. The molecule has 0 fully saturated rings. The van der Waals surface area contributed by atoms with Crippen LogP contribution in [0, 0.1) is 0 Å². The van der Waals surface area contributed by atoms with E-state index in [-0.39, 0.29) is 19.6 Å². The van der Waals surface area contributed by atoms with Gasteiger partial charge in [-0.15, -0.1) is 0 Å². The van der Waals surface area contributed by atoms with Crippen molar-refractivity contribution in [2.75, 3.05) is 13.2 Å². The number of ether oxygens (including phenoxy) is 1. The molecule has 0 aliphatic carbocycles. The third kappa shape index (κ3) is 4.36. The molecule has 0 atom stereocenters. The van der Waals surface area contributed by atoms with E-state index in [0.29, 0.717) is 0 Å². The van der Waals surface area contributed by atoms with E-state index in [1.165, 1.54) is 23.9 Å². The first-order valence-corrected chi connectivity index (χ1v) is 5.22. The van der Waals surface area contributed by atoms with Crippen molar-refractivity contribution < 1.29 is 17.9 Å². The molecule has 0 saturated heterocycles. The maximum Gasteiger partial charge on any atom is 0.411 e. The summed E-state index contributed by atoms with van der Waals surface area (Å²) in [5, 5.41) is 0. The van der Waals surface area contributed by atoms with Gasteiger partial charge in [0.15, 0.2) is 0 Å². The molecule has 1 rings (SSSR count). The van der Waals surface area contributed by atoms with Crippen molar-refractivity contribution in [1.29, 1.82) is 0 Å². The lowest BCUT2D eigenvalue weighted by Crippen LogP contribution is -2.38. The van der Waals surface area contributed by atoms with Gasteiger partial charge >= 0.3 is 11.9 Å². The van der Waals surface area contributed by atoms with Gasteiger partial charge in [0, 0.05) is 32.5 Å². The van der Waals surface area contributed by atoms with Gasteiger partial charge in [0.2, 0.25) is 0 Å². The lowest BCUT2D eigenvalue weighted by Gasteiger charge is -2.08. The second kappa shape index (κ2) is 5.85. The summed E-state index contributed by atoms with van der Waals surface area (Å²) in [5.41, 5.74) is -0.979. The summed E-state index contributed by atoms with van der Waals surface area (Å²) < 4.78 is 41.8. The zero-order valence-electron chi connectivity index (χ0n) is 9.74. The summed E-state index contributed by atoms with van der Waals surface area (Å²) in [6, 6.07) is 1.22. The summed E-state index contributed by atoms with van der Waals surface area (Å²) in [5.74, 6) is 0. The topological polar surface area (TPSA) is 53.2 Å². The van der Waals surface area contributed by atoms with Gasteiger partial charge in [-0.1, -0.05) is 0 Å². The quantitative estimate of drug-likeness (QED) is 0.730. The van der Waals surface area contributed by atoms with Crippen LogP contribution in [0.5, 0.6) is 0 Å². The van der Waals surface area contributed by atoms with Crippen LogP contribution >= 0.6 is 0 Å². The number of halogens is 3. The number of hydrogen-bond acceptors (Lipinski definition) is 3. The van der Waals surface area contributed by atoms with Crippen molar-refractivity contribution in [2.45, 2.75) is 19.1 Å². The number of hydrogen-bond donors (Lipinski definition) is 0. The van der Waals surface area contributed by atoms with Crippen LogP contribution in [0.3, 0.4) is 0 Å². The van der Waals surface area contributed by atoms with Crippen LogP contribution in [0.15, 0.2) is 21.9 Å². The van der Waals surface area contributed by atoms with E-state index in [2.05, 4.69) is 4.74 Å². The Bertz CT molecular complexity index is 504. The van der Waals surface area contributed by atoms with Gasteiger partial charge in [-0.25, -0.2) is 4.79 Å². The number of aromatic nitrogens is 2. The van der Waals surface area contributed by atoms with Crippen molar-refractivity contribution >= 4 is 0 Å². The van der Waals surface area contributed by atoms with Crippen molar-refractivity contribution in [3.05, 3.63) is 33.1 Å². The van der Waals surface area contributed by atoms with Crippen LogP contribution in [0.4, 0.5) is 13.2 Å². The van der Waals surface area contributed by atoms with Crippen molar-refractivity contribution in [3.8, 4) is 0 Å². The van der Waals surface area contributed by atoms with E-state index in [1.807, 2.05) is 0 Å². The molecule has 1 heterocycles. The molecule has 0 bridgehead atoms. The standard InChI is InChI=1S/C10H13F3N2O3/c1-14-5-3-8(16)15(9(14)17)4-2-6-18-7-10(11,12)13/h3,5H,2,4,6-7H2,1H3. The number of aryl methyl sites for hydroxylation is 1. The lowest BCUT2D eigenvalue weighted by atomic mass is 10.4. The Morgan fingerprint density at radius 1 is 1.33 bits per heavy atom. The highest BCUT2D eigenvalue weighted by molar-refractivity contribution is 4.85. The summed E-state index contributed by atoms with van der Waals surface area (Å²) in [7, 11) is 1.48. The van der Waals surface area contributed by atoms with Gasteiger partial charge in [-0.3, -0.25) is 9.36 Å². The van der Waals surface area contributed by atoms with E-state index >= 15 is 0 Å². The number of alkyl halides is 3. The van der Waals surface area contributed by atoms with E-state index < -0.39 is 24.0 Å². The van der Waals surface area contributed by atoms with Crippen LogP contribution in [0.25, 0.3) is 0 Å². The first kappa shape index (κ1) is 14.5. The fourth-order valence-corrected chi connectivity index (χ4v) is 1.33. The molecule has 0 radical (unpaired) electrons. The minimum Gasteiger partial charge on any atom is -0.372 e. The monoisotopic (exact) mass is 266 g/mol. The fourth-order valence-electron chi connectivity index (χ4n) is 1.33. The largest absolute Gasteiger partial charge is 0.411 e. The molecule has 5 nitrogen and oxygen atoms in total. The van der Waals surface area contributed by atoms with Crippen LogP contribution in [-0.2, 0) is 18.3 Å². The SMILES string of the molecule is Cn1ccc(=O)n(CCCOCC(F)(F)F)c1=O. The molecule has 0 N–H and O–H groups in total. The molecule has 1 aromatic rings. The molecule has 1 aromatic heterocycles.